The lowest BCUT2D eigenvalue weighted by Gasteiger charge is -2.14. The summed E-state index contributed by atoms with van der Waals surface area (Å²) in [5.41, 5.74) is 8.25. The first-order valence-electron chi connectivity index (χ1n) is 6.92. The summed E-state index contributed by atoms with van der Waals surface area (Å²) in [6, 6.07) is 9.85. The smallest absolute Gasteiger partial charge is 0.322 e. The van der Waals surface area contributed by atoms with Crippen molar-refractivity contribution in [3.8, 4) is 0 Å². The van der Waals surface area contributed by atoms with Gasteiger partial charge in [-0.25, -0.2) is 9.78 Å². The van der Waals surface area contributed by atoms with Crippen molar-refractivity contribution in [2.75, 3.05) is 0 Å². The standard InChI is InChI=1S/C16H21N3O/c1-12(2)10-13-4-6-14(7-5-13)15(17)11-19-9-3-8-18-16(19)20/h3-9,12,15H,10-11,17H2,1-2H3. The van der Waals surface area contributed by atoms with Gasteiger partial charge in [-0.2, -0.15) is 0 Å². The number of aromatic nitrogens is 2. The van der Waals surface area contributed by atoms with E-state index in [1.165, 1.54) is 16.3 Å². The Morgan fingerprint density at radius 3 is 2.55 bits per heavy atom. The zero-order valence-corrected chi connectivity index (χ0v) is 12.0. The van der Waals surface area contributed by atoms with Crippen molar-refractivity contribution in [1.29, 1.82) is 0 Å². The molecule has 2 N–H and O–H groups in total. The maximum absolute atomic E-state index is 11.6. The van der Waals surface area contributed by atoms with E-state index in [-0.39, 0.29) is 11.7 Å². The fourth-order valence-electron chi connectivity index (χ4n) is 2.22. The van der Waals surface area contributed by atoms with Crippen LogP contribution in [0, 0.1) is 5.92 Å². The van der Waals surface area contributed by atoms with E-state index >= 15 is 0 Å². The molecular formula is C16H21N3O. The van der Waals surface area contributed by atoms with Crippen molar-refractivity contribution in [2.24, 2.45) is 11.7 Å². The highest BCUT2D eigenvalue weighted by Crippen LogP contribution is 2.15. The quantitative estimate of drug-likeness (QED) is 0.906. The van der Waals surface area contributed by atoms with Gasteiger partial charge in [0.05, 0.1) is 0 Å². The molecule has 1 aromatic carbocycles. The van der Waals surface area contributed by atoms with Crippen molar-refractivity contribution in [1.82, 2.24) is 9.55 Å². The average Bonchev–Trinajstić information content (AvgIpc) is 2.41. The molecule has 20 heavy (non-hydrogen) atoms. The highest BCUT2D eigenvalue weighted by Gasteiger charge is 2.08. The van der Waals surface area contributed by atoms with Gasteiger partial charge < -0.3 is 5.73 Å². The summed E-state index contributed by atoms with van der Waals surface area (Å²) in [5, 5.41) is 0. The summed E-state index contributed by atoms with van der Waals surface area (Å²) in [7, 11) is 0. The number of benzene rings is 1. The first kappa shape index (κ1) is 14.5. The molecule has 0 bridgehead atoms. The Labute approximate surface area is 119 Å². The minimum atomic E-state index is -0.264. The fourth-order valence-corrected chi connectivity index (χ4v) is 2.22. The largest absolute Gasteiger partial charge is 0.347 e. The lowest BCUT2D eigenvalue weighted by molar-refractivity contribution is 0.551. The molecule has 1 heterocycles. The van der Waals surface area contributed by atoms with Gasteiger partial charge in [0.1, 0.15) is 0 Å². The van der Waals surface area contributed by atoms with Gasteiger partial charge in [0.25, 0.3) is 0 Å². The molecule has 4 heteroatoms. The highest BCUT2D eigenvalue weighted by molar-refractivity contribution is 5.25. The third-order valence-electron chi connectivity index (χ3n) is 3.23. The van der Waals surface area contributed by atoms with E-state index in [9.17, 15) is 4.79 Å². The van der Waals surface area contributed by atoms with E-state index in [0.717, 1.165) is 12.0 Å². The molecule has 0 amide bonds. The van der Waals surface area contributed by atoms with Gasteiger partial charge in [-0.15, -0.1) is 0 Å². The Morgan fingerprint density at radius 2 is 1.95 bits per heavy atom. The zero-order valence-electron chi connectivity index (χ0n) is 12.0. The number of rotatable bonds is 5. The Balaban J connectivity index is 2.08. The summed E-state index contributed by atoms with van der Waals surface area (Å²) < 4.78 is 1.53. The van der Waals surface area contributed by atoms with Gasteiger partial charge in [0.2, 0.25) is 0 Å². The van der Waals surface area contributed by atoms with E-state index in [2.05, 4.69) is 31.0 Å². The molecule has 0 saturated heterocycles. The van der Waals surface area contributed by atoms with Crippen LogP contribution < -0.4 is 11.4 Å². The van der Waals surface area contributed by atoms with Crippen LogP contribution in [0.5, 0.6) is 0 Å². The Hall–Kier alpha value is -1.94. The van der Waals surface area contributed by atoms with Crippen LogP contribution >= 0.6 is 0 Å². The molecular weight excluding hydrogens is 250 g/mol. The van der Waals surface area contributed by atoms with E-state index in [1.54, 1.807) is 12.3 Å². The second kappa shape index (κ2) is 6.48. The fraction of sp³-hybridized carbons (Fsp3) is 0.375. The number of nitrogens with zero attached hydrogens (tertiary/aromatic N) is 2. The van der Waals surface area contributed by atoms with Crippen LogP contribution in [-0.4, -0.2) is 9.55 Å². The van der Waals surface area contributed by atoms with Gasteiger partial charge in [-0.05, 0) is 29.5 Å². The van der Waals surface area contributed by atoms with Crippen molar-refractivity contribution in [3.63, 3.8) is 0 Å². The molecule has 2 rings (SSSR count). The van der Waals surface area contributed by atoms with Crippen LogP contribution in [0.25, 0.3) is 0 Å². The minimum Gasteiger partial charge on any atom is -0.322 e. The summed E-state index contributed by atoms with van der Waals surface area (Å²) in [5.74, 6) is 0.642. The van der Waals surface area contributed by atoms with Crippen LogP contribution in [0.4, 0.5) is 0 Å². The second-order valence-electron chi connectivity index (χ2n) is 5.50. The number of hydrogen-bond donors (Lipinski definition) is 1. The molecule has 1 unspecified atom stereocenters. The third-order valence-corrected chi connectivity index (χ3v) is 3.23. The highest BCUT2D eigenvalue weighted by atomic mass is 16.1. The maximum atomic E-state index is 11.6. The van der Waals surface area contributed by atoms with Crippen molar-refractivity contribution in [3.05, 3.63) is 64.3 Å². The van der Waals surface area contributed by atoms with Crippen LogP contribution in [-0.2, 0) is 13.0 Å². The van der Waals surface area contributed by atoms with Crippen LogP contribution in [0.15, 0.2) is 47.5 Å². The molecule has 0 saturated carbocycles. The Kier molecular flexibility index (Phi) is 4.69. The first-order valence-corrected chi connectivity index (χ1v) is 6.92. The molecule has 0 aliphatic heterocycles. The zero-order chi connectivity index (χ0) is 14.5. The molecule has 0 spiro atoms. The number of nitrogens with two attached hydrogens (primary N) is 1. The Morgan fingerprint density at radius 1 is 1.25 bits per heavy atom. The topological polar surface area (TPSA) is 60.9 Å². The Bertz CT molecular complexity index is 602. The van der Waals surface area contributed by atoms with Crippen LogP contribution in [0.3, 0.4) is 0 Å². The van der Waals surface area contributed by atoms with Crippen molar-refractivity contribution < 1.29 is 0 Å². The predicted molar refractivity (Wildman–Crippen MR) is 80.4 cm³/mol. The monoisotopic (exact) mass is 271 g/mol. The van der Waals surface area contributed by atoms with E-state index in [0.29, 0.717) is 12.5 Å². The van der Waals surface area contributed by atoms with Gasteiger partial charge >= 0.3 is 5.69 Å². The van der Waals surface area contributed by atoms with E-state index in [1.807, 2.05) is 12.1 Å². The second-order valence-corrected chi connectivity index (χ2v) is 5.50. The van der Waals surface area contributed by atoms with E-state index in [4.69, 9.17) is 5.73 Å². The minimum absolute atomic E-state index is 0.204. The maximum Gasteiger partial charge on any atom is 0.347 e. The van der Waals surface area contributed by atoms with Crippen LogP contribution in [0.2, 0.25) is 0 Å². The SMILES string of the molecule is CC(C)Cc1ccc(C(N)Cn2cccnc2=O)cc1. The van der Waals surface area contributed by atoms with Crippen molar-refractivity contribution in [2.45, 2.75) is 32.9 Å². The normalized spacial score (nSPS) is 12.6. The molecule has 0 aliphatic rings. The van der Waals surface area contributed by atoms with Crippen molar-refractivity contribution >= 4 is 0 Å². The summed E-state index contributed by atoms with van der Waals surface area (Å²) >= 11 is 0. The lowest BCUT2D eigenvalue weighted by atomic mass is 9.99. The molecule has 0 radical (unpaired) electrons. The molecule has 2 aromatic rings. The van der Waals surface area contributed by atoms with Gasteiger partial charge in [-0.3, -0.25) is 4.57 Å². The predicted octanol–water partition coefficient (Wildman–Crippen LogP) is 2.14. The van der Waals surface area contributed by atoms with Crippen LogP contribution in [0.1, 0.15) is 31.0 Å². The summed E-state index contributed by atoms with van der Waals surface area (Å²) in [4.78, 5) is 15.3. The third kappa shape index (κ3) is 3.78. The van der Waals surface area contributed by atoms with Gasteiger partial charge in [0, 0.05) is 25.0 Å². The molecule has 0 aliphatic carbocycles. The number of hydrogen-bond acceptors (Lipinski definition) is 3. The summed E-state index contributed by atoms with van der Waals surface area (Å²) in [6.45, 7) is 4.85. The molecule has 0 fully saturated rings. The molecule has 4 nitrogen and oxygen atoms in total. The lowest BCUT2D eigenvalue weighted by Crippen LogP contribution is -2.27. The molecule has 106 valence electrons. The van der Waals surface area contributed by atoms with E-state index < -0.39 is 0 Å². The molecule has 1 atom stereocenters. The van der Waals surface area contributed by atoms with Gasteiger partial charge in [-0.1, -0.05) is 38.1 Å². The average molecular weight is 271 g/mol. The first-order chi connectivity index (χ1) is 9.56. The summed E-state index contributed by atoms with van der Waals surface area (Å²) in [6.07, 6.45) is 4.27. The molecule has 1 aromatic heterocycles. The van der Waals surface area contributed by atoms with Gasteiger partial charge in [0.15, 0.2) is 0 Å².